The molecule has 0 aliphatic heterocycles. The summed E-state index contributed by atoms with van der Waals surface area (Å²) in [4.78, 5) is 26.3. The monoisotopic (exact) mass is 511 g/mol. The number of pyridine rings is 1. The van der Waals surface area contributed by atoms with Crippen molar-refractivity contribution in [3.8, 4) is 11.1 Å². The van der Waals surface area contributed by atoms with Crippen LogP contribution in [-0.2, 0) is 11.8 Å². The van der Waals surface area contributed by atoms with E-state index in [-0.39, 0.29) is 17.3 Å². The van der Waals surface area contributed by atoms with E-state index < -0.39 is 29.8 Å². The number of nitrogens with zero attached hydrogens (tertiary/aromatic N) is 3. The van der Waals surface area contributed by atoms with Crippen molar-refractivity contribution >= 4 is 17.5 Å². The molecule has 4 rings (SSSR count). The average molecular weight is 512 g/mol. The summed E-state index contributed by atoms with van der Waals surface area (Å²) in [5.74, 6) is -2.04. The molecule has 1 aliphatic carbocycles. The van der Waals surface area contributed by atoms with E-state index in [1.165, 1.54) is 35.3 Å². The third kappa shape index (κ3) is 5.79. The summed E-state index contributed by atoms with van der Waals surface area (Å²) in [6.45, 7) is 3.49. The molecule has 0 spiro atoms. The number of hydrogen-bond acceptors (Lipinski definition) is 4. The number of carbonyl (C=O) groups excluding carboxylic acids is 2. The molecule has 1 fully saturated rings. The van der Waals surface area contributed by atoms with Gasteiger partial charge in [-0.3, -0.25) is 14.3 Å². The van der Waals surface area contributed by atoms with Gasteiger partial charge < -0.3 is 15.8 Å². The minimum Gasteiger partial charge on any atom is -0.618 e. The van der Waals surface area contributed by atoms with Crippen LogP contribution in [-0.4, -0.2) is 33.8 Å². The summed E-state index contributed by atoms with van der Waals surface area (Å²) in [7, 11) is 1.62. The summed E-state index contributed by atoms with van der Waals surface area (Å²) >= 11 is 0. The third-order valence-electron chi connectivity index (χ3n) is 7.10. The van der Waals surface area contributed by atoms with E-state index in [1.54, 1.807) is 26.1 Å². The van der Waals surface area contributed by atoms with Crippen LogP contribution in [0.1, 0.15) is 53.8 Å². The molecule has 2 heterocycles. The number of rotatable bonds is 6. The van der Waals surface area contributed by atoms with Crippen LogP contribution in [0.2, 0.25) is 0 Å². The Morgan fingerprint density at radius 2 is 1.95 bits per heavy atom. The Kier molecular flexibility index (Phi) is 7.85. The lowest BCUT2D eigenvalue weighted by Gasteiger charge is -2.26. The van der Waals surface area contributed by atoms with Gasteiger partial charge >= 0.3 is 0 Å². The summed E-state index contributed by atoms with van der Waals surface area (Å²) < 4.78 is 31.3. The van der Waals surface area contributed by atoms with Gasteiger partial charge in [0.1, 0.15) is 23.7 Å². The van der Waals surface area contributed by atoms with Gasteiger partial charge in [0, 0.05) is 26.2 Å². The van der Waals surface area contributed by atoms with Crippen molar-refractivity contribution in [3.05, 3.63) is 70.7 Å². The minimum atomic E-state index is -0.982. The smallest absolute Gasteiger partial charge is 0.270 e. The number of halogens is 2. The van der Waals surface area contributed by atoms with Crippen molar-refractivity contribution in [2.45, 2.75) is 58.2 Å². The Morgan fingerprint density at radius 1 is 1.16 bits per heavy atom. The lowest BCUT2D eigenvalue weighted by atomic mass is 9.90. The number of nitrogens with one attached hydrogen (secondary N) is 2. The van der Waals surface area contributed by atoms with Gasteiger partial charge in [-0.25, -0.2) is 8.78 Å². The zero-order valence-electron chi connectivity index (χ0n) is 21.1. The Morgan fingerprint density at radius 3 is 2.65 bits per heavy atom. The van der Waals surface area contributed by atoms with E-state index in [0.29, 0.717) is 48.9 Å². The second kappa shape index (κ2) is 11.1. The van der Waals surface area contributed by atoms with Crippen molar-refractivity contribution in [3.63, 3.8) is 0 Å². The molecule has 2 aromatic heterocycles. The lowest BCUT2D eigenvalue weighted by molar-refractivity contribution is -0.611. The molecule has 2 N–H and O–H groups in total. The van der Waals surface area contributed by atoms with Crippen molar-refractivity contribution in [2.24, 2.45) is 13.0 Å². The van der Waals surface area contributed by atoms with Crippen molar-refractivity contribution < 1.29 is 23.1 Å². The van der Waals surface area contributed by atoms with Crippen LogP contribution in [0, 0.1) is 30.8 Å². The van der Waals surface area contributed by atoms with E-state index in [4.69, 9.17) is 0 Å². The summed E-state index contributed by atoms with van der Waals surface area (Å²) in [5, 5.41) is 21.4. The van der Waals surface area contributed by atoms with Crippen LogP contribution in [0.3, 0.4) is 0 Å². The molecule has 1 aromatic carbocycles. The molecule has 8 nitrogen and oxygen atoms in total. The molecule has 1 aliphatic rings. The van der Waals surface area contributed by atoms with Crippen LogP contribution >= 0.6 is 0 Å². The molecule has 0 radical (unpaired) electrons. The zero-order valence-corrected chi connectivity index (χ0v) is 21.1. The highest BCUT2D eigenvalue weighted by Crippen LogP contribution is 2.30. The predicted molar refractivity (Wildman–Crippen MR) is 135 cm³/mol. The van der Waals surface area contributed by atoms with Gasteiger partial charge in [0.05, 0.1) is 11.3 Å². The minimum absolute atomic E-state index is 0.0493. The average Bonchev–Trinajstić information content (AvgIpc) is 3.18. The van der Waals surface area contributed by atoms with Gasteiger partial charge in [0.2, 0.25) is 5.91 Å². The standard InChI is InChI=1S/C27H31F2N5O3/c1-16-12-14-34(37)17(2)24(16)19-8-10-22(21(29)15-19)31-27(36)25(18-5-4-6-20(28)9-7-18)32-26(35)23-11-13-30-33(23)3/h8,10-15,18,20,25H,4-7,9H2,1-3H3,(H,31,36)(H,32,35)/t18?,20-,25-/m0/s1. The molecule has 37 heavy (non-hydrogen) atoms. The largest absolute Gasteiger partial charge is 0.618 e. The van der Waals surface area contributed by atoms with E-state index in [2.05, 4.69) is 15.7 Å². The Bertz CT molecular complexity index is 1310. The van der Waals surface area contributed by atoms with E-state index in [0.717, 1.165) is 10.3 Å². The maximum absolute atomic E-state index is 15.2. The van der Waals surface area contributed by atoms with E-state index in [1.807, 2.05) is 6.92 Å². The third-order valence-corrected chi connectivity index (χ3v) is 7.10. The van der Waals surface area contributed by atoms with E-state index >= 15 is 4.39 Å². The lowest BCUT2D eigenvalue weighted by Crippen LogP contribution is -2.49. The highest BCUT2D eigenvalue weighted by Gasteiger charge is 2.33. The van der Waals surface area contributed by atoms with Crippen molar-refractivity contribution in [1.29, 1.82) is 0 Å². The van der Waals surface area contributed by atoms with Crippen molar-refractivity contribution in [1.82, 2.24) is 15.1 Å². The van der Waals surface area contributed by atoms with Gasteiger partial charge in [-0.15, -0.1) is 0 Å². The Hall–Kier alpha value is -3.82. The first-order valence-electron chi connectivity index (χ1n) is 12.4. The Balaban J connectivity index is 1.59. The topological polar surface area (TPSA) is 103 Å². The first kappa shape index (κ1) is 26.2. The number of carbonyl (C=O) groups is 2. The summed E-state index contributed by atoms with van der Waals surface area (Å²) in [5.41, 5.74) is 2.61. The van der Waals surface area contributed by atoms with E-state index in [9.17, 15) is 19.2 Å². The molecule has 10 heteroatoms. The fourth-order valence-corrected chi connectivity index (χ4v) is 5.02. The van der Waals surface area contributed by atoms with Crippen LogP contribution in [0.5, 0.6) is 0 Å². The van der Waals surface area contributed by atoms with Gasteiger partial charge in [-0.2, -0.15) is 9.83 Å². The van der Waals surface area contributed by atoms with Crippen LogP contribution in [0.25, 0.3) is 11.1 Å². The number of aromatic nitrogens is 3. The molecular weight excluding hydrogens is 480 g/mol. The number of benzene rings is 1. The van der Waals surface area contributed by atoms with Crippen LogP contribution in [0.15, 0.2) is 42.7 Å². The van der Waals surface area contributed by atoms with Gasteiger partial charge in [-0.05, 0) is 67.9 Å². The molecule has 196 valence electrons. The molecule has 1 saturated carbocycles. The fourth-order valence-electron chi connectivity index (χ4n) is 5.02. The fraction of sp³-hybridized carbons (Fsp3) is 0.407. The maximum atomic E-state index is 15.2. The first-order chi connectivity index (χ1) is 17.7. The number of alkyl halides is 1. The second-order valence-corrected chi connectivity index (χ2v) is 9.63. The molecule has 3 atom stereocenters. The normalized spacial score (nSPS) is 18.6. The van der Waals surface area contributed by atoms with Gasteiger partial charge in [0.15, 0.2) is 11.9 Å². The summed E-state index contributed by atoms with van der Waals surface area (Å²) in [6.07, 6.45) is 4.23. The molecule has 3 aromatic rings. The quantitative estimate of drug-likeness (QED) is 0.295. The molecule has 2 amide bonds. The number of amides is 2. The highest BCUT2D eigenvalue weighted by atomic mass is 19.1. The molecular formula is C27H31F2N5O3. The second-order valence-electron chi connectivity index (χ2n) is 9.63. The predicted octanol–water partition coefficient (Wildman–Crippen LogP) is 4.13. The maximum Gasteiger partial charge on any atom is 0.270 e. The molecule has 0 bridgehead atoms. The van der Waals surface area contributed by atoms with Gasteiger partial charge in [-0.1, -0.05) is 12.5 Å². The summed E-state index contributed by atoms with van der Waals surface area (Å²) in [6, 6.07) is 6.56. The first-order valence-corrected chi connectivity index (χ1v) is 12.4. The zero-order chi connectivity index (χ0) is 26.7. The molecule has 1 unspecified atom stereocenters. The molecule has 0 saturated heterocycles. The van der Waals surface area contributed by atoms with Crippen LogP contribution < -0.4 is 15.4 Å². The van der Waals surface area contributed by atoms with Crippen molar-refractivity contribution in [2.75, 3.05) is 5.32 Å². The van der Waals surface area contributed by atoms with Crippen LogP contribution in [0.4, 0.5) is 14.5 Å². The number of anilines is 1. The number of hydrogen-bond donors (Lipinski definition) is 2. The highest BCUT2D eigenvalue weighted by molar-refractivity contribution is 6.00. The van der Waals surface area contributed by atoms with Gasteiger partial charge in [0.25, 0.3) is 5.91 Å². The Labute approximate surface area is 214 Å². The number of aryl methyl sites for hydroxylation is 2. The SMILES string of the molecule is Cc1cc[n+]([O-])c(C)c1-c1ccc(NC(=O)[C@@H](NC(=O)c2ccnn2C)C2CCC[C@H](F)CC2)c(F)c1.